The van der Waals surface area contributed by atoms with Crippen LogP contribution in [0.25, 0.3) is 10.9 Å². The minimum absolute atomic E-state index is 0.0294. The van der Waals surface area contributed by atoms with Gasteiger partial charge in [-0.05, 0) is 42.0 Å². The van der Waals surface area contributed by atoms with Gasteiger partial charge in [-0.1, -0.05) is 42.5 Å². The number of piperazine rings is 1. The maximum atomic E-state index is 13.2. The predicted octanol–water partition coefficient (Wildman–Crippen LogP) is 2.34. The quantitative estimate of drug-likeness (QED) is 0.497. The first kappa shape index (κ1) is 22.3. The average Bonchev–Trinajstić information content (AvgIpc) is 2.91. The van der Waals surface area contributed by atoms with Gasteiger partial charge in [-0.2, -0.15) is 0 Å². The number of benzene rings is 3. The van der Waals surface area contributed by atoms with Crippen LogP contribution in [-0.2, 0) is 6.54 Å². The Morgan fingerprint density at radius 3 is 2.03 bits per heavy atom. The number of rotatable bonds is 4. The first-order chi connectivity index (χ1) is 17.0. The van der Waals surface area contributed by atoms with E-state index in [9.17, 15) is 19.2 Å². The van der Waals surface area contributed by atoms with Crippen LogP contribution in [0, 0.1) is 0 Å². The molecular weight excluding hydrogens is 444 g/mol. The van der Waals surface area contributed by atoms with Gasteiger partial charge < -0.3 is 9.80 Å². The highest BCUT2D eigenvalue weighted by molar-refractivity contribution is 5.96. The fourth-order valence-corrected chi connectivity index (χ4v) is 4.44. The normalized spacial score (nSPS) is 13.7. The smallest absolute Gasteiger partial charge is 0.329 e. The predicted molar refractivity (Wildman–Crippen MR) is 133 cm³/mol. The molecule has 1 saturated heterocycles. The molecule has 3 aromatic carbocycles. The molecule has 1 fully saturated rings. The van der Waals surface area contributed by atoms with Crippen molar-refractivity contribution in [1.82, 2.24) is 19.4 Å². The number of carbonyl (C=O) groups excluding carboxylic acids is 2. The first-order valence-corrected chi connectivity index (χ1v) is 11.5. The molecule has 0 radical (unpaired) electrons. The molecule has 35 heavy (non-hydrogen) atoms. The second-order valence-corrected chi connectivity index (χ2v) is 8.51. The Balaban J connectivity index is 1.31. The lowest BCUT2D eigenvalue weighted by Crippen LogP contribution is -2.50. The topological polar surface area (TPSA) is 95.5 Å². The maximum absolute atomic E-state index is 13.2. The molecule has 1 aliphatic rings. The van der Waals surface area contributed by atoms with Gasteiger partial charge in [0.1, 0.15) is 0 Å². The number of aromatic nitrogens is 2. The molecule has 0 spiro atoms. The van der Waals surface area contributed by atoms with Crippen molar-refractivity contribution in [3.8, 4) is 0 Å². The Labute approximate surface area is 201 Å². The SMILES string of the molecule is O=C(c1ccccc1)N1CCN(C(=O)c2cccc(Cn3c(=O)[nH]c(=O)c4ccccc43)c2)CC1. The van der Waals surface area contributed by atoms with Gasteiger partial charge in [0.05, 0.1) is 17.4 Å². The van der Waals surface area contributed by atoms with Crippen LogP contribution in [0.2, 0.25) is 0 Å². The monoisotopic (exact) mass is 468 g/mol. The van der Waals surface area contributed by atoms with Crippen LogP contribution < -0.4 is 11.2 Å². The third kappa shape index (κ3) is 4.50. The highest BCUT2D eigenvalue weighted by atomic mass is 16.2. The zero-order valence-electron chi connectivity index (χ0n) is 19.0. The van der Waals surface area contributed by atoms with Crippen LogP contribution in [0.15, 0.2) is 88.5 Å². The van der Waals surface area contributed by atoms with Crippen LogP contribution in [-0.4, -0.2) is 57.3 Å². The van der Waals surface area contributed by atoms with Crippen molar-refractivity contribution in [3.05, 3.63) is 116 Å². The van der Waals surface area contributed by atoms with Gasteiger partial charge >= 0.3 is 5.69 Å². The molecule has 8 nitrogen and oxygen atoms in total. The molecule has 0 aliphatic carbocycles. The van der Waals surface area contributed by atoms with E-state index in [1.54, 1.807) is 64.4 Å². The van der Waals surface area contributed by atoms with E-state index in [2.05, 4.69) is 4.98 Å². The summed E-state index contributed by atoms with van der Waals surface area (Å²) in [5.41, 5.74) is 1.56. The number of hydrogen-bond donors (Lipinski definition) is 1. The molecule has 2 heterocycles. The summed E-state index contributed by atoms with van der Waals surface area (Å²) in [6.07, 6.45) is 0. The van der Waals surface area contributed by atoms with E-state index >= 15 is 0 Å². The van der Waals surface area contributed by atoms with Crippen LogP contribution in [0.4, 0.5) is 0 Å². The molecule has 0 unspecified atom stereocenters. The van der Waals surface area contributed by atoms with Gasteiger partial charge in [-0.15, -0.1) is 0 Å². The molecule has 0 bridgehead atoms. The van der Waals surface area contributed by atoms with Crippen molar-refractivity contribution in [2.75, 3.05) is 26.2 Å². The molecule has 1 N–H and O–H groups in total. The largest absolute Gasteiger partial charge is 0.335 e. The number of nitrogens with one attached hydrogen (secondary N) is 1. The number of hydrogen-bond acceptors (Lipinski definition) is 4. The van der Waals surface area contributed by atoms with E-state index in [0.29, 0.717) is 48.2 Å². The minimum Gasteiger partial charge on any atom is -0.335 e. The molecule has 2 amide bonds. The lowest BCUT2D eigenvalue weighted by atomic mass is 10.1. The summed E-state index contributed by atoms with van der Waals surface area (Å²) in [6.45, 7) is 2.06. The summed E-state index contributed by atoms with van der Waals surface area (Å²) >= 11 is 0. The summed E-state index contributed by atoms with van der Waals surface area (Å²) in [6, 6.07) is 23.2. The third-order valence-electron chi connectivity index (χ3n) is 6.29. The van der Waals surface area contributed by atoms with Crippen molar-refractivity contribution in [3.63, 3.8) is 0 Å². The Hall–Kier alpha value is -4.46. The second kappa shape index (κ2) is 9.42. The fourth-order valence-electron chi connectivity index (χ4n) is 4.44. The second-order valence-electron chi connectivity index (χ2n) is 8.51. The lowest BCUT2D eigenvalue weighted by Gasteiger charge is -2.35. The summed E-state index contributed by atoms with van der Waals surface area (Å²) in [7, 11) is 0. The number of H-pyrrole nitrogens is 1. The fraction of sp³-hybridized carbons (Fsp3) is 0.185. The van der Waals surface area contributed by atoms with Crippen molar-refractivity contribution in [1.29, 1.82) is 0 Å². The molecule has 8 heteroatoms. The molecular formula is C27H24N4O4. The van der Waals surface area contributed by atoms with Crippen molar-refractivity contribution < 1.29 is 9.59 Å². The standard InChI is InChI=1S/C27H24N4O4/c32-24-22-11-4-5-12-23(22)31(27(35)28-24)18-19-7-6-10-21(17-19)26(34)30-15-13-29(14-16-30)25(33)20-8-2-1-3-9-20/h1-12,17H,13-16,18H2,(H,28,32,35). The number of para-hydroxylation sites is 1. The highest BCUT2D eigenvalue weighted by Gasteiger charge is 2.25. The molecule has 0 saturated carbocycles. The summed E-state index contributed by atoms with van der Waals surface area (Å²) in [5.74, 6) is -0.143. The van der Waals surface area contributed by atoms with E-state index in [-0.39, 0.29) is 18.4 Å². The molecule has 0 atom stereocenters. The van der Waals surface area contributed by atoms with Crippen LogP contribution in [0.5, 0.6) is 0 Å². The molecule has 5 rings (SSSR count). The van der Waals surface area contributed by atoms with Crippen molar-refractivity contribution >= 4 is 22.7 Å². The van der Waals surface area contributed by atoms with Crippen molar-refractivity contribution in [2.45, 2.75) is 6.54 Å². The van der Waals surface area contributed by atoms with Crippen LogP contribution in [0.3, 0.4) is 0 Å². The number of carbonyl (C=O) groups is 2. The van der Waals surface area contributed by atoms with E-state index in [0.717, 1.165) is 5.56 Å². The number of nitrogens with zero attached hydrogens (tertiary/aromatic N) is 3. The van der Waals surface area contributed by atoms with Crippen molar-refractivity contribution in [2.24, 2.45) is 0 Å². The van der Waals surface area contributed by atoms with Gasteiger partial charge in [0.2, 0.25) is 0 Å². The van der Waals surface area contributed by atoms with E-state index in [1.165, 1.54) is 4.57 Å². The Kier molecular flexibility index (Phi) is 6.01. The number of amides is 2. The first-order valence-electron chi connectivity index (χ1n) is 11.5. The Bertz CT molecular complexity index is 1520. The van der Waals surface area contributed by atoms with Gasteiger partial charge in [-0.25, -0.2) is 4.79 Å². The minimum atomic E-state index is -0.496. The third-order valence-corrected chi connectivity index (χ3v) is 6.29. The molecule has 176 valence electrons. The van der Waals surface area contributed by atoms with Gasteiger partial charge in [0, 0.05) is 37.3 Å². The molecule has 1 aromatic heterocycles. The summed E-state index contributed by atoms with van der Waals surface area (Å²) in [5, 5.41) is 0.433. The average molecular weight is 469 g/mol. The lowest BCUT2D eigenvalue weighted by molar-refractivity contribution is 0.0535. The number of aromatic amines is 1. The van der Waals surface area contributed by atoms with Crippen LogP contribution in [0.1, 0.15) is 26.3 Å². The van der Waals surface area contributed by atoms with Gasteiger partial charge in [0.15, 0.2) is 0 Å². The highest BCUT2D eigenvalue weighted by Crippen LogP contribution is 2.15. The maximum Gasteiger partial charge on any atom is 0.329 e. The van der Waals surface area contributed by atoms with Gasteiger partial charge in [-0.3, -0.25) is 23.9 Å². The summed E-state index contributed by atoms with van der Waals surface area (Å²) in [4.78, 5) is 56.4. The Morgan fingerprint density at radius 2 is 1.31 bits per heavy atom. The van der Waals surface area contributed by atoms with Crippen LogP contribution >= 0.6 is 0 Å². The number of fused-ring (bicyclic) bond motifs is 1. The Morgan fingerprint density at radius 1 is 0.714 bits per heavy atom. The van der Waals surface area contributed by atoms with E-state index in [1.807, 2.05) is 24.3 Å². The molecule has 1 aliphatic heterocycles. The molecule has 4 aromatic rings. The zero-order chi connectivity index (χ0) is 24.4. The van der Waals surface area contributed by atoms with E-state index in [4.69, 9.17) is 0 Å². The van der Waals surface area contributed by atoms with E-state index < -0.39 is 11.2 Å². The summed E-state index contributed by atoms with van der Waals surface area (Å²) < 4.78 is 1.49. The van der Waals surface area contributed by atoms with Gasteiger partial charge in [0.25, 0.3) is 17.4 Å². The zero-order valence-corrected chi connectivity index (χ0v) is 19.0.